The summed E-state index contributed by atoms with van der Waals surface area (Å²) in [7, 11) is 1.25. The minimum atomic E-state index is -0.688. The number of nitro groups is 1. The summed E-state index contributed by atoms with van der Waals surface area (Å²) in [6.45, 7) is -0.113. The van der Waals surface area contributed by atoms with E-state index in [1.807, 2.05) is 0 Å². The lowest BCUT2D eigenvalue weighted by Crippen LogP contribution is -2.30. The molecule has 0 unspecified atom stereocenters. The van der Waals surface area contributed by atoms with Gasteiger partial charge in [-0.15, -0.1) is 0 Å². The average molecular weight is 540 g/mol. The van der Waals surface area contributed by atoms with Crippen LogP contribution in [0.25, 0.3) is 23.0 Å². The topological polar surface area (TPSA) is 157 Å². The van der Waals surface area contributed by atoms with Gasteiger partial charge in [0.25, 0.3) is 17.2 Å². The highest BCUT2D eigenvalue weighted by Gasteiger charge is 2.34. The normalized spacial score (nSPS) is 13.9. The fraction of sp³-hybridized carbons (Fsp3) is 0.0714. The quantitative estimate of drug-likeness (QED) is 0.119. The van der Waals surface area contributed by atoms with Crippen LogP contribution in [0.2, 0.25) is 0 Å². The minimum Gasteiger partial charge on any atom is -0.465 e. The molecule has 5 rings (SSSR count). The first kappa shape index (κ1) is 25.9. The van der Waals surface area contributed by atoms with Gasteiger partial charge in [-0.3, -0.25) is 29.7 Å². The summed E-state index contributed by atoms with van der Waals surface area (Å²) in [6.07, 6.45) is 1.30. The number of hydrogen-bond acceptors (Lipinski definition) is 7. The second kappa shape index (κ2) is 10.5. The zero-order chi connectivity index (χ0) is 28.4. The molecule has 40 heavy (non-hydrogen) atoms. The van der Waals surface area contributed by atoms with Crippen LogP contribution in [0.1, 0.15) is 21.5 Å². The molecule has 1 fully saturated rings. The molecular weight excluding hydrogens is 518 g/mol. The number of non-ortho nitro benzene ring substituents is 1. The molecule has 3 aromatic carbocycles. The van der Waals surface area contributed by atoms with Gasteiger partial charge in [-0.05, 0) is 35.9 Å². The van der Waals surface area contributed by atoms with Crippen LogP contribution in [0.5, 0.6) is 0 Å². The number of esters is 1. The van der Waals surface area contributed by atoms with Crippen LogP contribution in [-0.2, 0) is 16.1 Å². The molecule has 1 aliphatic rings. The van der Waals surface area contributed by atoms with Crippen molar-refractivity contribution in [3.8, 4) is 16.9 Å². The third-order valence-electron chi connectivity index (χ3n) is 6.25. The largest absolute Gasteiger partial charge is 0.465 e. The van der Waals surface area contributed by atoms with Gasteiger partial charge in [0.1, 0.15) is 5.70 Å². The highest BCUT2D eigenvalue weighted by atomic mass is 16.6. The Balaban J connectivity index is 1.52. The molecule has 0 bridgehead atoms. The van der Waals surface area contributed by atoms with Gasteiger partial charge in [0.2, 0.25) is 0 Å². The fourth-order valence-electron chi connectivity index (χ4n) is 4.27. The Morgan fingerprint density at radius 1 is 1.00 bits per heavy atom. The SMILES string of the molecule is COC(=O)c1cccc(CN2C(=O)NC(=Cc3c(-c4ccccc4)[nH]n(-c4ccc([N+](=O)[O-])cc4)c3=O)C2=O)c1. The smallest absolute Gasteiger partial charge is 0.337 e. The number of benzene rings is 3. The first-order chi connectivity index (χ1) is 19.3. The molecule has 3 amide bonds. The van der Waals surface area contributed by atoms with E-state index in [-0.39, 0.29) is 29.1 Å². The highest BCUT2D eigenvalue weighted by molar-refractivity contribution is 6.14. The summed E-state index contributed by atoms with van der Waals surface area (Å²) in [6, 6.07) is 20.0. The predicted octanol–water partition coefficient (Wildman–Crippen LogP) is 3.62. The number of carbonyl (C=O) groups excluding carboxylic acids is 3. The van der Waals surface area contributed by atoms with Crippen molar-refractivity contribution in [1.82, 2.24) is 20.0 Å². The molecule has 1 aliphatic heterocycles. The number of carbonyl (C=O) groups is 3. The van der Waals surface area contributed by atoms with Crippen molar-refractivity contribution in [1.29, 1.82) is 0 Å². The molecule has 0 saturated carbocycles. The molecule has 0 atom stereocenters. The molecule has 1 saturated heterocycles. The van der Waals surface area contributed by atoms with E-state index in [4.69, 9.17) is 4.74 Å². The lowest BCUT2D eigenvalue weighted by molar-refractivity contribution is -0.384. The summed E-state index contributed by atoms with van der Waals surface area (Å²) in [5.74, 6) is -1.21. The molecular formula is C28H21N5O7. The fourth-order valence-corrected chi connectivity index (χ4v) is 4.27. The number of nitrogens with one attached hydrogen (secondary N) is 2. The maximum absolute atomic E-state index is 13.5. The number of hydrogen-bond donors (Lipinski definition) is 2. The van der Waals surface area contributed by atoms with Crippen molar-refractivity contribution in [3.63, 3.8) is 0 Å². The van der Waals surface area contributed by atoms with Gasteiger partial charge in [0.15, 0.2) is 0 Å². The summed E-state index contributed by atoms with van der Waals surface area (Å²) >= 11 is 0. The molecule has 12 nitrogen and oxygen atoms in total. The van der Waals surface area contributed by atoms with E-state index in [1.54, 1.807) is 48.5 Å². The maximum Gasteiger partial charge on any atom is 0.337 e. The van der Waals surface area contributed by atoms with E-state index in [1.165, 1.54) is 48.2 Å². The van der Waals surface area contributed by atoms with Crippen molar-refractivity contribution in [2.45, 2.75) is 6.54 Å². The van der Waals surface area contributed by atoms with E-state index in [0.717, 1.165) is 4.90 Å². The van der Waals surface area contributed by atoms with Crippen LogP contribution in [0.4, 0.5) is 10.5 Å². The van der Waals surface area contributed by atoms with Gasteiger partial charge in [-0.25, -0.2) is 14.3 Å². The van der Waals surface area contributed by atoms with Gasteiger partial charge < -0.3 is 10.1 Å². The van der Waals surface area contributed by atoms with E-state index >= 15 is 0 Å². The summed E-state index contributed by atoms with van der Waals surface area (Å²) in [5.41, 5.74) is 1.47. The molecule has 1 aromatic heterocycles. The van der Waals surface area contributed by atoms with Gasteiger partial charge in [-0.2, -0.15) is 0 Å². The third-order valence-corrected chi connectivity index (χ3v) is 6.25. The Kier molecular flexibility index (Phi) is 6.81. The third kappa shape index (κ3) is 4.88. The van der Waals surface area contributed by atoms with E-state index in [2.05, 4.69) is 10.4 Å². The molecule has 0 aliphatic carbocycles. The minimum absolute atomic E-state index is 0.0998. The lowest BCUT2D eigenvalue weighted by atomic mass is 10.1. The molecule has 0 spiro atoms. The van der Waals surface area contributed by atoms with Crippen LogP contribution >= 0.6 is 0 Å². The second-order valence-corrected chi connectivity index (χ2v) is 8.75. The van der Waals surface area contributed by atoms with Crippen molar-refractivity contribution in [3.05, 3.63) is 122 Å². The zero-order valence-electron chi connectivity index (χ0n) is 21.0. The number of aromatic amines is 1. The van der Waals surface area contributed by atoms with Crippen LogP contribution < -0.4 is 10.9 Å². The number of nitro benzene ring substituents is 1. The zero-order valence-corrected chi connectivity index (χ0v) is 21.0. The number of H-pyrrole nitrogens is 1. The van der Waals surface area contributed by atoms with Crippen LogP contribution in [0, 0.1) is 10.1 Å². The Hall–Kier alpha value is -5.78. The monoisotopic (exact) mass is 539 g/mol. The Bertz CT molecular complexity index is 1740. The number of ether oxygens (including phenoxy) is 1. The van der Waals surface area contributed by atoms with Gasteiger partial charge in [0, 0.05) is 17.7 Å². The average Bonchev–Trinajstić information content (AvgIpc) is 3.44. The number of methoxy groups -OCH3 is 1. The van der Waals surface area contributed by atoms with Crippen molar-refractivity contribution >= 4 is 29.7 Å². The van der Waals surface area contributed by atoms with Gasteiger partial charge in [-0.1, -0.05) is 42.5 Å². The predicted molar refractivity (Wildman–Crippen MR) is 143 cm³/mol. The Morgan fingerprint density at radius 3 is 2.40 bits per heavy atom. The number of rotatable bonds is 7. The van der Waals surface area contributed by atoms with Gasteiger partial charge >= 0.3 is 12.0 Å². The van der Waals surface area contributed by atoms with Gasteiger partial charge in [0.05, 0.1) is 41.1 Å². The summed E-state index contributed by atoms with van der Waals surface area (Å²) in [4.78, 5) is 62.8. The number of amides is 3. The lowest BCUT2D eigenvalue weighted by Gasteiger charge is -2.12. The number of urea groups is 1. The molecule has 2 heterocycles. The van der Waals surface area contributed by atoms with Crippen LogP contribution in [0.15, 0.2) is 89.4 Å². The number of nitrogens with zero attached hydrogens (tertiary/aromatic N) is 3. The Morgan fingerprint density at radius 2 is 1.73 bits per heavy atom. The van der Waals surface area contributed by atoms with E-state index in [0.29, 0.717) is 22.5 Å². The molecule has 4 aromatic rings. The van der Waals surface area contributed by atoms with Crippen molar-refractivity contribution < 1.29 is 24.0 Å². The first-order valence-electron chi connectivity index (χ1n) is 11.9. The van der Waals surface area contributed by atoms with Crippen molar-refractivity contribution in [2.24, 2.45) is 0 Å². The first-order valence-corrected chi connectivity index (χ1v) is 11.9. The molecule has 200 valence electrons. The Labute approximate surface area is 226 Å². The highest BCUT2D eigenvalue weighted by Crippen LogP contribution is 2.25. The number of aromatic nitrogens is 2. The summed E-state index contributed by atoms with van der Waals surface area (Å²) < 4.78 is 5.93. The second-order valence-electron chi connectivity index (χ2n) is 8.75. The van der Waals surface area contributed by atoms with Crippen LogP contribution in [0.3, 0.4) is 0 Å². The van der Waals surface area contributed by atoms with Crippen molar-refractivity contribution in [2.75, 3.05) is 7.11 Å². The molecule has 2 N–H and O–H groups in total. The maximum atomic E-state index is 13.5. The van der Waals surface area contributed by atoms with Crippen LogP contribution in [-0.4, -0.2) is 44.6 Å². The standard InChI is InChI=1S/C28H21N5O7/c1-40-27(36)19-9-5-6-17(14-19)16-31-26(35)23(29-28(31)37)15-22-24(18-7-3-2-4-8-18)30-32(25(22)34)20-10-12-21(13-11-20)33(38)39/h2-15,30H,16H2,1H3,(H,29,37). The molecule has 0 radical (unpaired) electrons. The van der Waals surface area contributed by atoms with E-state index in [9.17, 15) is 29.3 Å². The number of imide groups is 1. The summed E-state index contributed by atoms with van der Waals surface area (Å²) in [5, 5.41) is 16.6. The molecule has 12 heteroatoms. The van der Waals surface area contributed by atoms with E-state index < -0.39 is 28.4 Å².